The van der Waals surface area contributed by atoms with Gasteiger partial charge in [0.15, 0.2) is 6.04 Å². The molecule has 160 valence electrons. The Morgan fingerprint density at radius 2 is 1.72 bits per heavy atom. The van der Waals surface area contributed by atoms with Crippen molar-refractivity contribution in [3.8, 4) is 0 Å². The molecule has 0 aromatic heterocycles. The van der Waals surface area contributed by atoms with E-state index in [9.17, 15) is 24.3 Å². The normalized spacial score (nSPS) is 14.8. The van der Waals surface area contributed by atoms with E-state index in [4.69, 9.17) is 10.8 Å². The summed E-state index contributed by atoms with van der Waals surface area (Å²) in [5, 5.41) is 25.2. The van der Waals surface area contributed by atoms with Crippen molar-refractivity contribution in [2.45, 2.75) is 37.6 Å². The van der Waals surface area contributed by atoms with Gasteiger partial charge in [-0.2, -0.15) is 12.6 Å². The third kappa shape index (κ3) is 8.50. The third-order valence-electron chi connectivity index (χ3n) is 3.94. The van der Waals surface area contributed by atoms with Crippen LogP contribution in [0.25, 0.3) is 0 Å². The summed E-state index contributed by atoms with van der Waals surface area (Å²) in [6.45, 7) is 0.791. The monoisotopic (exact) mass is 426 g/mol. The molecule has 29 heavy (non-hydrogen) atoms. The highest BCUT2D eigenvalue weighted by molar-refractivity contribution is 7.80. The van der Waals surface area contributed by atoms with Crippen LogP contribution >= 0.6 is 12.6 Å². The standard InChI is InChI=1S/C18H26N4O6S/c1-10(23)15(18(27)28)22-17(26)13(9-29)21-14(24)8-20-16(25)12(19)7-11-5-3-2-4-6-11/h2-6,10,12-13,15,23,29H,7-9,19H2,1H3,(H,20,25)(H,21,24)(H,22,26)(H,27,28). The van der Waals surface area contributed by atoms with Gasteiger partial charge in [-0.15, -0.1) is 0 Å². The predicted molar refractivity (Wildman–Crippen MR) is 108 cm³/mol. The van der Waals surface area contributed by atoms with Crippen LogP contribution in [0.15, 0.2) is 30.3 Å². The van der Waals surface area contributed by atoms with E-state index in [0.717, 1.165) is 5.56 Å². The molecule has 3 amide bonds. The first-order chi connectivity index (χ1) is 13.6. The maximum Gasteiger partial charge on any atom is 0.328 e. The molecule has 0 aliphatic rings. The Labute approximate surface area is 173 Å². The number of benzene rings is 1. The number of nitrogens with two attached hydrogens (primary N) is 1. The Balaban J connectivity index is 2.51. The molecule has 1 rings (SSSR count). The van der Waals surface area contributed by atoms with Crippen LogP contribution in [0, 0.1) is 0 Å². The van der Waals surface area contributed by atoms with Gasteiger partial charge in [-0.3, -0.25) is 14.4 Å². The van der Waals surface area contributed by atoms with Crippen LogP contribution in [0.2, 0.25) is 0 Å². The maximum absolute atomic E-state index is 12.1. The average molecular weight is 426 g/mol. The minimum absolute atomic E-state index is 0.120. The highest BCUT2D eigenvalue weighted by atomic mass is 32.1. The molecule has 4 unspecified atom stereocenters. The van der Waals surface area contributed by atoms with E-state index in [0.29, 0.717) is 6.42 Å². The number of aliphatic hydroxyl groups excluding tert-OH is 1. The number of carboxylic acids is 1. The van der Waals surface area contributed by atoms with Crippen molar-refractivity contribution in [3.05, 3.63) is 35.9 Å². The van der Waals surface area contributed by atoms with Gasteiger partial charge in [0, 0.05) is 5.75 Å². The van der Waals surface area contributed by atoms with Crippen LogP contribution in [-0.4, -0.2) is 70.4 Å². The van der Waals surface area contributed by atoms with Crippen molar-refractivity contribution in [2.75, 3.05) is 12.3 Å². The minimum Gasteiger partial charge on any atom is -0.480 e. The molecule has 0 saturated carbocycles. The SMILES string of the molecule is CC(O)C(NC(=O)C(CS)NC(=O)CNC(=O)C(N)Cc1ccccc1)C(=O)O. The van der Waals surface area contributed by atoms with Gasteiger partial charge in [0.25, 0.3) is 0 Å². The number of thiol groups is 1. The highest BCUT2D eigenvalue weighted by Gasteiger charge is 2.29. The Morgan fingerprint density at radius 1 is 1.10 bits per heavy atom. The number of aliphatic hydroxyl groups is 1. The first kappa shape index (κ1) is 24.4. The van der Waals surface area contributed by atoms with Crippen LogP contribution < -0.4 is 21.7 Å². The number of carbonyl (C=O) groups is 4. The highest BCUT2D eigenvalue weighted by Crippen LogP contribution is 2.02. The summed E-state index contributed by atoms with van der Waals surface area (Å²) in [6, 6.07) is 5.61. The molecule has 1 aromatic carbocycles. The first-order valence-corrected chi connectivity index (χ1v) is 9.47. The number of hydrogen-bond donors (Lipinski definition) is 7. The van der Waals surface area contributed by atoms with E-state index >= 15 is 0 Å². The van der Waals surface area contributed by atoms with Gasteiger partial charge in [0.2, 0.25) is 17.7 Å². The summed E-state index contributed by atoms with van der Waals surface area (Å²) >= 11 is 3.96. The number of rotatable bonds is 11. The van der Waals surface area contributed by atoms with Crippen LogP contribution in [0.1, 0.15) is 12.5 Å². The number of nitrogens with one attached hydrogen (secondary N) is 3. The van der Waals surface area contributed by atoms with Gasteiger partial charge in [-0.05, 0) is 18.9 Å². The van der Waals surface area contributed by atoms with Gasteiger partial charge in [0.1, 0.15) is 6.04 Å². The Kier molecular flexibility index (Phi) is 10.1. The number of hydrogen-bond acceptors (Lipinski definition) is 7. The predicted octanol–water partition coefficient (Wildman–Crippen LogP) is -1.96. The largest absolute Gasteiger partial charge is 0.480 e. The molecule has 0 spiro atoms. The fourth-order valence-electron chi connectivity index (χ4n) is 2.34. The second-order valence-electron chi connectivity index (χ2n) is 6.38. The van der Waals surface area contributed by atoms with E-state index in [1.165, 1.54) is 6.92 Å². The molecule has 0 saturated heterocycles. The molecule has 7 N–H and O–H groups in total. The third-order valence-corrected chi connectivity index (χ3v) is 4.30. The van der Waals surface area contributed by atoms with Crippen molar-refractivity contribution < 1.29 is 29.4 Å². The van der Waals surface area contributed by atoms with Gasteiger partial charge in [0.05, 0.1) is 18.7 Å². The summed E-state index contributed by atoms with van der Waals surface area (Å²) in [5.41, 5.74) is 6.70. The van der Waals surface area contributed by atoms with Crippen molar-refractivity contribution in [3.63, 3.8) is 0 Å². The summed E-state index contributed by atoms with van der Waals surface area (Å²) < 4.78 is 0. The quantitative estimate of drug-likeness (QED) is 0.201. The van der Waals surface area contributed by atoms with Gasteiger partial charge < -0.3 is 31.9 Å². The molecule has 1 aromatic rings. The average Bonchev–Trinajstić information content (AvgIpc) is 2.68. The van der Waals surface area contributed by atoms with E-state index < -0.39 is 54.5 Å². The van der Waals surface area contributed by atoms with Gasteiger partial charge in [-0.25, -0.2) is 4.79 Å². The number of amides is 3. The molecule has 0 aliphatic heterocycles. The Morgan fingerprint density at radius 3 is 2.24 bits per heavy atom. The summed E-state index contributed by atoms with van der Waals surface area (Å²) in [4.78, 5) is 47.2. The molecule has 0 bridgehead atoms. The molecule has 11 heteroatoms. The van der Waals surface area contributed by atoms with E-state index in [1.807, 2.05) is 30.3 Å². The van der Waals surface area contributed by atoms with Gasteiger partial charge in [-0.1, -0.05) is 30.3 Å². The molecular formula is C18H26N4O6S. The van der Waals surface area contributed by atoms with Crippen LogP contribution in [0.5, 0.6) is 0 Å². The molecule has 0 fully saturated rings. The smallest absolute Gasteiger partial charge is 0.328 e. The lowest BCUT2D eigenvalue weighted by Crippen LogP contribution is -2.56. The van der Waals surface area contributed by atoms with Crippen LogP contribution in [0.3, 0.4) is 0 Å². The fourth-order valence-corrected chi connectivity index (χ4v) is 2.60. The number of carboxylic acid groups (broad SMARTS) is 1. The molecule has 0 aliphatic carbocycles. The maximum atomic E-state index is 12.1. The lowest BCUT2D eigenvalue weighted by molar-refractivity contribution is -0.145. The minimum atomic E-state index is -1.53. The molecule has 10 nitrogen and oxygen atoms in total. The molecular weight excluding hydrogens is 400 g/mol. The van der Waals surface area contributed by atoms with Crippen molar-refractivity contribution in [1.29, 1.82) is 0 Å². The van der Waals surface area contributed by atoms with Crippen molar-refractivity contribution in [2.24, 2.45) is 5.73 Å². The van der Waals surface area contributed by atoms with Gasteiger partial charge >= 0.3 is 5.97 Å². The lowest BCUT2D eigenvalue weighted by Gasteiger charge is -2.22. The van der Waals surface area contributed by atoms with Crippen LogP contribution in [0.4, 0.5) is 0 Å². The van der Waals surface area contributed by atoms with Crippen molar-refractivity contribution >= 4 is 36.3 Å². The second-order valence-corrected chi connectivity index (χ2v) is 6.75. The number of aliphatic carboxylic acids is 1. The number of carbonyl (C=O) groups excluding carboxylic acids is 3. The molecule has 0 radical (unpaired) electrons. The van der Waals surface area contributed by atoms with E-state index in [2.05, 4.69) is 28.6 Å². The molecule has 4 atom stereocenters. The van der Waals surface area contributed by atoms with E-state index in [1.54, 1.807) is 0 Å². The van der Waals surface area contributed by atoms with E-state index in [-0.39, 0.29) is 5.75 Å². The zero-order chi connectivity index (χ0) is 22.0. The summed E-state index contributed by atoms with van der Waals surface area (Å²) in [7, 11) is 0. The zero-order valence-corrected chi connectivity index (χ0v) is 16.8. The Hall–Kier alpha value is -2.63. The zero-order valence-electron chi connectivity index (χ0n) is 15.9. The fraction of sp³-hybridized carbons (Fsp3) is 0.444. The Bertz CT molecular complexity index is 716. The second kappa shape index (κ2) is 12.0. The topological polar surface area (TPSA) is 171 Å². The molecule has 0 heterocycles. The summed E-state index contributed by atoms with van der Waals surface area (Å²) in [6.07, 6.45) is -1.04. The van der Waals surface area contributed by atoms with Crippen molar-refractivity contribution in [1.82, 2.24) is 16.0 Å². The van der Waals surface area contributed by atoms with Crippen LogP contribution in [-0.2, 0) is 25.6 Å². The first-order valence-electron chi connectivity index (χ1n) is 8.84. The summed E-state index contributed by atoms with van der Waals surface area (Å²) in [5.74, 6) is -3.57. The lowest BCUT2D eigenvalue weighted by atomic mass is 10.1.